The fraction of sp³-hybridized carbons (Fsp3) is 0.400. The number of carboxylic acid groups (broad SMARTS) is 1. The van der Waals surface area contributed by atoms with Gasteiger partial charge in [-0.25, -0.2) is 4.79 Å². The van der Waals surface area contributed by atoms with Crippen LogP contribution in [-0.2, 0) is 0 Å². The van der Waals surface area contributed by atoms with Crippen molar-refractivity contribution in [2.24, 2.45) is 0 Å². The van der Waals surface area contributed by atoms with Crippen LogP contribution in [0.3, 0.4) is 0 Å². The number of rotatable bonds is 4. The van der Waals surface area contributed by atoms with Gasteiger partial charge in [0.15, 0.2) is 5.76 Å². The summed E-state index contributed by atoms with van der Waals surface area (Å²) in [5.74, 6) is -3.32. The van der Waals surface area contributed by atoms with Gasteiger partial charge in [0.1, 0.15) is 6.54 Å². The number of furan rings is 1. The van der Waals surface area contributed by atoms with Crippen molar-refractivity contribution in [3.8, 4) is 0 Å². The Morgan fingerprint density at radius 1 is 1.33 bits per heavy atom. The first-order valence-electron chi connectivity index (χ1n) is 4.93. The fourth-order valence-corrected chi connectivity index (χ4v) is 1.27. The topological polar surface area (TPSA) is 70.8 Å². The molecule has 5 nitrogen and oxygen atoms in total. The lowest BCUT2D eigenvalue weighted by molar-refractivity contribution is -0.140. The second-order valence-electron chi connectivity index (χ2n) is 3.40. The third-order valence-corrected chi connectivity index (χ3v) is 2.07. The van der Waals surface area contributed by atoms with Gasteiger partial charge < -0.3 is 14.4 Å². The molecular formula is C10H10F3NO4. The van der Waals surface area contributed by atoms with Crippen molar-refractivity contribution in [2.45, 2.75) is 13.1 Å². The molecule has 1 heterocycles. The zero-order chi connectivity index (χ0) is 13.9. The van der Waals surface area contributed by atoms with Gasteiger partial charge in [0.2, 0.25) is 5.76 Å². The number of hydrogen-bond donors (Lipinski definition) is 1. The molecule has 1 aromatic rings. The molecule has 1 amide bonds. The Balaban J connectivity index is 2.86. The van der Waals surface area contributed by atoms with E-state index in [9.17, 15) is 22.8 Å². The van der Waals surface area contributed by atoms with Crippen molar-refractivity contribution >= 4 is 11.9 Å². The Hall–Kier alpha value is -1.99. The highest BCUT2D eigenvalue weighted by atomic mass is 19.4. The molecule has 0 aromatic carbocycles. The Morgan fingerprint density at radius 3 is 2.28 bits per heavy atom. The van der Waals surface area contributed by atoms with Gasteiger partial charge in [0.05, 0.1) is 0 Å². The summed E-state index contributed by atoms with van der Waals surface area (Å²) in [6, 6.07) is 2.04. The number of carbonyl (C=O) groups is 2. The average molecular weight is 265 g/mol. The average Bonchev–Trinajstić information content (AvgIpc) is 2.72. The molecule has 0 spiro atoms. The molecule has 1 N–H and O–H groups in total. The van der Waals surface area contributed by atoms with Gasteiger partial charge in [-0.05, 0) is 19.1 Å². The summed E-state index contributed by atoms with van der Waals surface area (Å²) in [5, 5.41) is 8.56. The van der Waals surface area contributed by atoms with Crippen molar-refractivity contribution in [3.05, 3.63) is 23.7 Å². The van der Waals surface area contributed by atoms with Gasteiger partial charge in [-0.15, -0.1) is 0 Å². The first-order chi connectivity index (χ1) is 8.24. The van der Waals surface area contributed by atoms with Gasteiger partial charge in [-0.1, -0.05) is 0 Å². The molecule has 0 radical (unpaired) electrons. The predicted molar refractivity (Wildman–Crippen MR) is 53.3 cm³/mol. The normalized spacial score (nSPS) is 11.3. The lowest BCUT2D eigenvalue weighted by Gasteiger charge is -2.20. The molecule has 0 aliphatic heterocycles. The summed E-state index contributed by atoms with van der Waals surface area (Å²) in [7, 11) is 0. The minimum atomic E-state index is -4.52. The molecule has 8 heteroatoms. The van der Waals surface area contributed by atoms with Crippen LogP contribution in [0.2, 0.25) is 0 Å². The highest BCUT2D eigenvalue weighted by Gasteiger charge is 2.33. The first kappa shape index (κ1) is 14.1. The number of aromatic carboxylic acids is 1. The van der Waals surface area contributed by atoms with E-state index in [1.54, 1.807) is 0 Å². The number of amides is 1. The SMILES string of the molecule is CCN(CC(F)(F)F)C(=O)c1ccc(C(=O)O)o1. The molecule has 0 fully saturated rings. The van der Waals surface area contributed by atoms with Crippen LogP contribution in [0.1, 0.15) is 28.0 Å². The van der Waals surface area contributed by atoms with E-state index in [1.807, 2.05) is 0 Å². The zero-order valence-electron chi connectivity index (χ0n) is 9.32. The number of halogens is 3. The van der Waals surface area contributed by atoms with E-state index in [1.165, 1.54) is 6.92 Å². The number of hydrogen-bond acceptors (Lipinski definition) is 3. The minimum absolute atomic E-state index is 0.165. The Bertz CT molecular complexity index is 452. The van der Waals surface area contributed by atoms with E-state index >= 15 is 0 Å². The molecular weight excluding hydrogens is 255 g/mol. The van der Waals surface area contributed by atoms with Crippen LogP contribution >= 0.6 is 0 Å². The van der Waals surface area contributed by atoms with E-state index in [0.29, 0.717) is 4.90 Å². The van der Waals surface area contributed by atoms with Gasteiger partial charge in [0, 0.05) is 6.54 Å². The third kappa shape index (κ3) is 3.51. The van der Waals surface area contributed by atoms with Crippen LogP contribution in [0.15, 0.2) is 16.5 Å². The summed E-state index contributed by atoms with van der Waals surface area (Å²) < 4.78 is 41.2. The molecule has 0 unspecified atom stereocenters. The van der Waals surface area contributed by atoms with Crippen LogP contribution in [0.5, 0.6) is 0 Å². The quantitative estimate of drug-likeness (QED) is 0.903. The Morgan fingerprint density at radius 2 is 1.89 bits per heavy atom. The minimum Gasteiger partial charge on any atom is -0.475 e. The van der Waals surface area contributed by atoms with Crippen LogP contribution < -0.4 is 0 Å². The van der Waals surface area contributed by atoms with Gasteiger partial charge >= 0.3 is 12.1 Å². The number of carboxylic acids is 1. The van der Waals surface area contributed by atoms with Crippen molar-refractivity contribution in [1.82, 2.24) is 4.90 Å². The zero-order valence-corrected chi connectivity index (χ0v) is 9.32. The van der Waals surface area contributed by atoms with E-state index < -0.39 is 36.1 Å². The number of carbonyl (C=O) groups excluding carboxylic acids is 1. The van der Waals surface area contributed by atoms with Gasteiger partial charge in [-0.3, -0.25) is 4.79 Å². The van der Waals surface area contributed by atoms with Crippen LogP contribution in [0, 0.1) is 0 Å². The summed E-state index contributed by atoms with van der Waals surface area (Å²) >= 11 is 0. The number of nitrogens with zero attached hydrogens (tertiary/aromatic N) is 1. The van der Waals surface area contributed by atoms with E-state index in [-0.39, 0.29) is 6.54 Å². The monoisotopic (exact) mass is 265 g/mol. The van der Waals surface area contributed by atoms with Gasteiger partial charge in [0.25, 0.3) is 5.91 Å². The molecule has 0 atom stereocenters. The summed E-state index contributed by atoms with van der Waals surface area (Å²) in [4.78, 5) is 22.7. The second-order valence-corrected chi connectivity index (χ2v) is 3.40. The maximum Gasteiger partial charge on any atom is 0.406 e. The van der Waals surface area contributed by atoms with E-state index in [2.05, 4.69) is 4.42 Å². The molecule has 0 aliphatic carbocycles. The van der Waals surface area contributed by atoms with E-state index in [0.717, 1.165) is 12.1 Å². The lowest BCUT2D eigenvalue weighted by Crippen LogP contribution is -2.38. The lowest BCUT2D eigenvalue weighted by atomic mass is 10.3. The standard InChI is InChI=1S/C10H10F3NO4/c1-2-14(5-10(11,12)13)8(15)6-3-4-7(18-6)9(16)17/h3-4H,2,5H2,1H3,(H,16,17). The highest BCUT2D eigenvalue weighted by molar-refractivity contribution is 5.93. The first-order valence-corrected chi connectivity index (χ1v) is 4.93. The molecule has 0 saturated carbocycles. The molecule has 1 rings (SSSR count). The number of alkyl halides is 3. The summed E-state index contributed by atoms with van der Waals surface area (Å²) in [6.45, 7) is -0.197. The molecule has 18 heavy (non-hydrogen) atoms. The third-order valence-electron chi connectivity index (χ3n) is 2.07. The highest BCUT2D eigenvalue weighted by Crippen LogP contribution is 2.18. The maximum atomic E-state index is 12.2. The van der Waals surface area contributed by atoms with Crippen molar-refractivity contribution in [2.75, 3.05) is 13.1 Å². The predicted octanol–water partition coefficient (Wildman–Crippen LogP) is 2.00. The maximum absolute atomic E-state index is 12.2. The van der Waals surface area contributed by atoms with Crippen molar-refractivity contribution in [3.63, 3.8) is 0 Å². The largest absolute Gasteiger partial charge is 0.475 e. The summed E-state index contributed by atoms with van der Waals surface area (Å²) in [5.41, 5.74) is 0. The molecule has 0 aliphatic rings. The molecule has 0 bridgehead atoms. The van der Waals surface area contributed by atoms with E-state index in [4.69, 9.17) is 5.11 Å². The van der Waals surface area contributed by atoms with Crippen LogP contribution in [0.4, 0.5) is 13.2 Å². The van der Waals surface area contributed by atoms with Crippen molar-refractivity contribution in [1.29, 1.82) is 0 Å². The van der Waals surface area contributed by atoms with Crippen LogP contribution in [0.25, 0.3) is 0 Å². The van der Waals surface area contributed by atoms with Crippen molar-refractivity contribution < 1.29 is 32.3 Å². The fourth-order valence-electron chi connectivity index (χ4n) is 1.27. The van der Waals surface area contributed by atoms with Gasteiger partial charge in [-0.2, -0.15) is 13.2 Å². The summed E-state index contributed by atoms with van der Waals surface area (Å²) in [6.07, 6.45) is -4.52. The Kier molecular flexibility index (Phi) is 4.00. The van der Waals surface area contributed by atoms with Crippen LogP contribution in [-0.4, -0.2) is 41.1 Å². The Labute approximate surface area is 99.8 Å². The second kappa shape index (κ2) is 5.11. The smallest absolute Gasteiger partial charge is 0.406 e. The molecule has 100 valence electrons. The molecule has 1 aromatic heterocycles. The molecule has 0 saturated heterocycles.